The van der Waals surface area contributed by atoms with Gasteiger partial charge in [-0.25, -0.2) is 8.42 Å². The van der Waals surface area contributed by atoms with Crippen LogP contribution in [0.15, 0.2) is 24.3 Å². The molecule has 0 spiro atoms. The van der Waals surface area contributed by atoms with E-state index in [0.29, 0.717) is 24.9 Å². The Kier molecular flexibility index (Phi) is 6.23. The third-order valence-corrected chi connectivity index (χ3v) is 6.70. The Bertz CT molecular complexity index is 900. The topological polar surface area (TPSA) is 130 Å². The number of anilines is 1. The van der Waals surface area contributed by atoms with E-state index in [1.165, 1.54) is 0 Å². The van der Waals surface area contributed by atoms with Crippen molar-refractivity contribution in [3.63, 3.8) is 0 Å². The number of primary amides is 1. The van der Waals surface area contributed by atoms with Gasteiger partial charge in [-0.15, -0.1) is 0 Å². The molecule has 2 aliphatic rings. The molecule has 158 valence electrons. The molecule has 0 aromatic heterocycles. The molecular formula is C19H26N4O5S. The third-order valence-electron chi connectivity index (χ3n) is 5.41. The zero-order chi connectivity index (χ0) is 21.2. The average molecular weight is 423 g/mol. The Hall–Kier alpha value is -2.46. The van der Waals surface area contributed by atoms with E-state index >= 15 is 0 Å². The molecule has 2 unspecified atom stereocenters. The second kappa shape index (κ2) is 8.50. The largest absolute Gasteiger partial charge is 0.368 e. The Balaban J connectivity index is 1.64. The number of benzene rings is 1. The van der Waals surface area contributed by atoms with E-state index in [-0.39, 0.29) is 30.8 Å². The van der Waals surface area contributed by atoms with E-state index < -0.39 is 22.0 Å². The average Bonchev–Trinajstić information content (AvgIpc) is 2.67. The summed E-state index contributed by atoms with van der Waals surface area (Å²) in [6.07, 6.45) is 3.96. The fourth-order valence-corrected chi connectivity index (χ4v) is 4.96. The molecule has 1 aromatic rings. The molecular weight excluding hydrogens is 396 g/mol. The lowest BCUT2D eigenvalue weighted by molar-refractivity contribution is -0.122. The third kappa shape index (κ3) is 4.94. The first-order valence-corrected chi connectivity index (χ1v) is 11.5. The second-order valence-electron chi connectivity index (χ2n) is 7.54. The molecule has 2 aliphatic heterocycles. The van der Waals surface area contributed by atoms with Gasteiger partial charge >= 0.3 is 0 Å². The van der Waals surface area contributed by atoms with E-state index in [1.807, 2.05) is 0 Å². The Labute approximate surface area is 170 Å². The van der Waals surface area contributed by atoms with Crippen LogP contribution in [0.1, 0.15) is 42.5 Å². The molecule has 0 aliphatic carbocycles. The van der Waals surface area contributed by atoms with Gasteiger partial charge in [-0.1, -0.05) is 0 Å². The number of hydrogen-bond donors (Lipinski definition) is 2. The molecule has 9 nitrogen and oxygen atoms in total. The lowest BCUT2D eigenvalue weighted by atomic mass is 9.98. The van der Waals surface area contributed by atoms with Crippen LogP contribution in [0.25, 0.3) is 0 Å². The van der Waals surface area contributed by atoms with Gasteiger partial charge in [0.2, 0.25) is 21.8 Å². The number of carbonyl (C=O) groups is 3. The van der Waals surface area contributed by atoms with Crippen LogP contribution in [-0.2, 0) is 19.6 Å². The number of sulfonamides is 1. The number of hydrogen-bond acceptors (Lipinski definition) is 5. The zero-order valence-corrected chi connectivity index (χ0v) is 17.2. The first kappa shape index (κ1) is 21.3. The van der Waals surface area contributed by atoms with Gasteiger partial charge in [-0.05, 0) is 49.9 Å². The summed E-state index contributed by atoms with van der Waals surface area (Å²) in [4.78, 5) is 38.0. The predicted molar refractivity (Wildman–Crippen MR) is 108 cm³/mol. The summed E-state index contributed by atoms with van der Waals surface area (Å²) in [5.74, 6) is -0.962. The number of amides is 3. The van der Waals surface area contributed by atoms with Crippen LogP contribution >= 0.6 is 0 Å². The molecule has 3 amide bonds. The summed E-state index contributed by atoms with van der Waals surface area (Å²) in [5.41, 5.74) is 6.56. The quantitative estimate of drug-likeness (QED) is 0.701. The molecule has 0 radical (unpaired) electrons. The lowest BCUT2D eigenvalue weighted by Crippen LogP contribution is -2.56. The SMILES string of the molecule is CS(=O)(=O)N1CCC(NC(=O)c2ccc(N3CCCCC3=O)cc2)CC1C(N)=O. The smallest absolute Gasteiger partial charge is 0.251 e. The van der Waals surface area contributed by atoms with Crippen molar-refractivity contribution >= 4 is 33.4 Å². The number of nitrogens with two attached hydrogens (primary N) is 1. The highest BCUT2D eigenvalue weighted by Gasteiger charge is 2.37. The molecule has 3 rings (SSSR count). The monoisotopic (exact) mass is 422 g/mol. The zero-order valence-electron chi connectivity index (χ0n) is 16.3. The van der Waals surface area contributed by atoms with Crippen molar-refractivity contribution in [1.82, 2.24) is 9.62 Å². The van der Waals surface area contributed by atoms with Gasteiger partial charge in [0, 0.05) is 36.8 Å². The van der Waals surface area contributed by atoms with Crippen molar-refractivity contribution in [3.05, 3.63) is 29.8 Å². The first-order valence-electron chi connectivity index (χ1n) is 9.64. The molecule has 0 bridgehead atoms. The fourth-order valence-electron chi connectivity index (χ4n) is 3.87. The van der Waals surface area contributed by atoms with Crippen molar-refractivity contribution < 1.29 is 22.8 Å². The molecule has 2 fully saturated rings. The van der Waals surface area contributed by atoms with Crippen molar-refractivity contribution in [1.29, 1.82) is 0 Å². The standard InChI is InChI=1S/C19H26N4O5S/c1-29(27,28)23-11-9-14(12-16(23)18(20)25)21-19(26)13-5-7-15(8-6-13)22-10-3-2-4-17(22)24/h5-8,14,16H,2-4,9-12H2,1H3,(H2,20,25)(H,21,26). The predicted octanol–water partition coefficient (Wildman–Crippen LogP) is 0.211. The number of nitrogens with one attached hydrogen (secondary N) is 1. The van der Waals surface area contributed by atoms with Crippen LogP contribution in [0.5, 0.6) is 0 Å². The van der Waals surface area contributed by atoms with Gasteiger partial charge in [0.05, 0.1) is 6.26 Å². The minimum absolute atomic E-state index is 0.0866. The van der Waals surface area contributed by atoms with Crippen LogP contribution in [0.3, 0.4) is 0 Å². The van der Waals surface area contributed by atoms with Crippen LogP contribution in [-0.4, -0.2) is 61.9 Å². The number of carbonyl (C=O) groups excluding carboxylic acids is 3. The summed E-state index contributed by atoms with van der Waals surface area (Å²) >= 11 is 0. The van der Waals surface area contributed by atoms with Crippen LogP contribution in [0.4, 0.5) is 5.69 Å². The summed E-state index contributed by atoms with van der Waals surface area (Å²) in [6.45, 7) is 0.797. The van der Waals surface area contributed by atoms with Crippen molar-refractivity contribution in [2.75, 3.05) is 24.2 Å². The van der Waals surface area contributed by atoms with Gasteiger partial charge in [-0.3, -0.25) is 14.4 Å². The molecule has 2 atom stereocenters. The Morgan fingerprint density at radius 2 is 1.83 bits per heavy atom. The van der Waals surface area contributed by atoms with Gasteiger partial charge < -0.3 is 16.0 Å². The summed E-state index contributed by atoms with van der Waals surface area (Å²) in [5, 5.41) is 2.85. The van der Waals surface area contributed by atoms with Crippen molar-refractivity contribution in [2.24, 2.45) is 5.73 Å². The number of rotatable bonds is 5. The van der Waals surface area contributed by atoms with Crippen molar-refractivity contribution in [3.8, 4) is 0 Å². The summed E-state index contributed by atoms with van der Waals surface area (Å²) in [7, 11) is -3.56. The molecule has 1 aromatic carbocycles. The summed E-state index contributed by atoms with van der Waals surface area (Å²) < 4.78 is 24.8. The number of piperidine rings is 2. The lowest BCUT2D eigenvalue weighted by Gasteiger charge is -2.36. The van der Waals surface area contributed by atoms with Gasteiger partial charge in [-0.2, -0.15) is 4.31 Å². The van der Waals surface area contributed by atoms with E-state index in [0.717, 1.165) is 29.1 Å². The van der Waals surface area contributed by atoms with Crippen LogP contribution in [0, 0.1) is 0 Å². The minimum atomic E-state index is -3.56. The summed E-state index contributed by atoms with van der Waals surface area (Å²) in [6, 6.07) is 5.47. The highest BCUT2D eigenvalue weighted by atomic mass is 32.2. The molecule has 10 heteroatoms. The van der Waals surface area contributed by atoms with E-state index in [2.05, 4.69) is 5.32 Å². The maximum Gasteiger partial charge on any atom is 0.251 e. The van der Waals surface area contributed by atoms with E-state index in [9.17, 15) is 22.8 Å². The van der Waals surface area contributed by atoms with Crippen LogP contribution < -0.4 is 16.0 Å². The molecule has 29 heavy (non-hydrogen) atoms. The Morgan fingerprint density at radius 3 is 2.41 bits per heavy atom. The maximum atomic E-state index is 12.6. The maximum absolute atomic E-state index is 12.6. The highest BCUT2D eigenvalue weighted by molar-refractivity contribution is 7.88. The second-order valence-corrected chi connectivity index (χ2v) is 9.47. The highest BCUT2D eigenvalue weighted by Crippen LogP contribution is 2.23. The molecule has 0 saturated carbocycles. The van der Waals surface area contributed by atoms with Gasteiger partial charge in [0.15, 0.2) is 0 Å². The minimum Gasteiger partial charge on any atom is -0.368 e. The Morgan fingerprint density at radius 1 is 1.14 bits per heavy atom. The molecule has 2 saturated heterocycles. The molecule has 3 N–H and O–H groups in total. The van der Waals surface area contributed by atoms with E-state index in [4.69, 9.17) is 5.73 Å². The fraction of sp³-hybridized carbons (Fsp3) is 0.526. The van der Waals surface area contributed by atoms with Crippen molar-refractivity contribution in [2.45, 2.75) is 44.2 Å². The van der Waals surface area contributed by atoms with E-state index in [1.54, 1.807) is 29.2 Å². The molecule has 2 heterocycles. The van der Waals surface area contributed by atoms with Gasteiger partial charge in [0.1, 0.15) is 6.04 Å². The normalized spacial score (nSPS) is 23.6. The van der Waals surface area contributed by atoms with Gasteiger partial charge in [0.25, 0.3) is 5.91 Å². The number of nitrogens with zero attached hydrogens (tertiary/aromatic N) is 2. The first-order chi connectivity index (χ1) is 13.7. The van der Waals surface area contributed by atoms with Crippen LogP contribution in [0.2, 0.25) is 0 Å².